The van der Waals surface area contributed by atoms with Crippen LogP contribution in [0.25, 0.3) is 11.3 Å². The number of carbonyl (C=O) groups is 1. The smallest absolute Gasteiger partial charge is 0.216 e. The van der Waals surface area contributed by atoms with E-state index >= 15 is 0 Å². The molecule has 1 N–H and O–H groups in total. The molecule has 3 rings (SSSR count). The topological polar surface area (TPSA) is 45.2 Å². The average Bonchev–Trinajstić information content (AvgIpc) is 2.62. The van der Waals surface area contributed by atoms with E-state index in [0.29, 0.717) is 5.92 Å². The summed E-state index contributed by atoms with van der Waals surface area (Å²) in [5.41, 5.74) is 3.49. The Hall–Kier alpha value is -2.20. The van der Waals surface area contributed by atoms with E-state index in [1.165, 1.54) is 18.4 Å². The van der Waals surface area contributed by atoms with Crippen LogP contribution in [0.3, 0.4) is 0 Å². The lowest BCUT2D eigenvalue weighted by Gasteiger charge is -2.32. The number of carbonyl (C=O) groups excluding carboxylic acids is 1. The molecule has 4 nitrogen and oxygen atoms in total. The number of nitrogens with zero attached hydrogens (tertiary/aromatic N) is 2. The van der Waals surface area contributed by atoms with Gasteiger partial charge in [0.1, 0.15) is 0 Å². The van der Waals surface area contributed by atoms with E-state index in [4.69, 9.17) is 0 Å². The fourth-order valence-electron chi connectivity index (χ4n) is 3.32. The minimum absolute atomic E-state index is 0.0669. The molecular formula is C20H25N3O. The van der Waals surface area contributed by atoms with Crippen molar-refractivity contribution in [1.82, 2.24) is 15.2 Å². The van der Waals surface area contributed by atoms with Gasteiger partial charge in [-0.1, -0.05) is 30.3 Å². The highest BCUT2D eigenvalue weighted by molar-refractivity contribution is 5.72. The number of rotatable bonds is 5. The number of amides is 1. The van der Waals surface area contributed by atoms with Crippen molar-refractivity contribution < 1.29 is 4.79 Å². The van der Waals surface area contributed by atoms with Crippen LogP contribution in [0.2, 0.25) is 0 Å². The van der Waals surface area contributed by atoms with E-state index in [1.807, 2.05) is 24.4 Å². The first-order chi connectivity index (χ1) is 11.7. The molecule has 1 aliphatic heterocycles. The van der Waals surface area contributed by atoms with Crippen LogP contribution >= 0.6 is 0 Å². The monoisotopic (exact) mass is 323 g/mol. The van der Waals surface area contributed by atoms with Gasteiger partial charge >= 0.3 is 0 Å². The first-order valence-electron chi connectivity index (χ1n) is 8.68. The third-order valence-electron chi connectivity index (χ3n) is 4.56. The summed E-state index contributed by atoms with van der Waals surface area (Å²) in [7, 11) is 0. The Bertz CT molecular complexity index is 654. The molecule has 126 valence electrons. The summed E-state index contributed by atoms with van der Waals surface area (Å²) in [6.45, 7) is 5.55. The maximum atomic E-state index is 11.1. The molecule has 2 aromatic rings. The third kappa shape index (κ3) is 4.65. The Morgan fingerprint density at radius 2 is 2.08 bits per heavy atom. The van der Waals surface area contributed by atoms with Crippen LogP contribution < -0.4 is 5.32 Å². The zero-order chi connectivity index (χ0) is 16.8. The molecule has 1 amide bonds. The maximum Gasteiger partial charge on any atom is 0.216 e. The van der Waals surface area contributed by atoms with Crippen molar-refractivity contribution in [2.75, 3.05) is 19.6 Å². The number of nitrogens with one attached hydrogen (secondary N) is 1. The van der Waals surface area contributed by atoms with Crippen LogP contribution in [0.1, 0.15) is 25.3 Å². The molecular weight excluding hydrogens is 298 g/mol. The minimum atomic E-state index is 0.0669. The molecule has 1 aromatic heterocycles. The summed E-state index contributed by atoms with van der Waals surface area (Å²) in [5, 5.41) is 2.95. The Morgan fingerprint density at radius 1 is 1.25 bits per heavy atom. The van der Waals surface area contributed by atoms with Crippen molar-refractivity contribution in [1.29, 1.82) is 0 Å². The van der Waals surface area contributed by atoms with Gasteiger partial charge < -0.3 is 5.32 Å². The van der Waals surface area contributed by atoms with E-state index < -0.39 is 0 Å². The van der Waals surface area contributed by atoms with Gasteiger partial charge in [0.2, 0.25) is 5.91 Å². The number of hydrogen-bond acceptors (Lipinski definition) is 3. The molecule has 0 bridgehead atoms. The van der Waals surface area contributed by atoms with E-state index in [1.54, 1.807) is 6.92 Å². The second-order valence-electron chi connectivity index (χ2n) is 6.59. The van der Waals surface area contributed by atoms with Gasteiger partial charge in [-0.15, -0.1) is 0 Å². The van der Waals surface area contributed by atoms with E-state index in [9.17, 15) is 4.79 Å². The summed E-state index contributed by atoms with van der Waals surface area (Å²) in [5.74, 6) is 0.632. The highest BCUT2D eigenvalue weighted by Crippen LogP contribution is 2.20. The van der Waals surface area contributed by atoms with Gasteiger partial charge in [0.25, 0.3) is 0 Å². The average molecular weight is 323 g/mol. The van der Waals surface area contributed by atoms with Gasteiger partial charge in [0.05, 0.1) is 5.69 Å². The van der Waals surface area contributed by atoms with E-state index in [0.717, 1.165) is 37.4 Å². The fourth-order valence-corrected chi connectivity index (χ4v) is 3.32. The Kier molecular flexibility index (Phi) is 5.59. The minimum Gasteiger partial charge on any atom is -0.356 e. The largest absolute Gasteiger partial charge is 0.356 e. The van der Waals surface area contributed by atoms with Crippen molar-refractivity contribution in [2.24, 2.45) is 5.92 Å². The lowest BCUT2D eigenvalue weighted by atomic mass is 9.97. The molecule has 1 aliphatic rings. The summed E-state index contributed by atoms with van der Waals surface area (Å²) < 4.78 is 0. The van der Waals surface area contributed by atoms with Crippen molar-refractivity contribution in [3.63, 3.8) is 0 Å². The van der Waals surface area contributed by atoms with Gasteiger partial charge in [-0.05, 0) is 43.0 Å². The van der Waals surface area contributed by atoms with E-state index in [-0.39, 0.29) is 5.91 Å². The number of pyridine rings is 1. The molecule has 1 aromatic carbocycles. The fraction of sp³-hybridized carbons (Fsp3) is 0.400. The second-order valence-corrected chi connectivity index (χ2v) is 6.59. The zero-order valence-corrected chi connectivity index (χ0v) is 14.2. The van der Waals surface area contributed by atoms with Crippen molar-refractivity contribution in [2.45, 2.75) is 26.3 Å². The lowest BCUT2D eigenvalue weighted by Crippen LogP contribution is -2.40. The molecule has 1 saturated heterocycles. The summed E-state index contributed by atoms with van der Waals surface area (Å²) in [6.07, 6.45) is 4.23. The molecule has 0 unspecified atom stereocenters. The molecule has 0 aliphatic carbocycles. The van der Waals surface area contributed by atoms with Crippen LogP contribution in [0.5, 0.6) is 0 Å². The van der Waals surface area contributed by atoms with Crippen LogP contribution in [-0.2, 0) is 11.3 Å². The van der Waals surface area contributed by atoms with Gasteiger partial charge in [-0.3, -0.25) is 14.7 Å². The molecule has 0 saturated carbocycles. The number of hydrogen-bond donors (Lipinski definition) is 1. The molecule has 4 heteroatoms. The van der Waals surface area contributed by atoms with Gasteiger partial charge in [-0.25, -0.2) is 0 Å². The maximum absolute atomic E-state index is 11.1. The number of likely N-dealkylation sites (tertiary alicyclic amines) is 1. The number of benzene rings is 1. The van der Waals surface area contributed by atoms with Crippen LogP contribution in [0, 0.1) is 5.92 Å². The summed E-state index contributed by atoms with van der Waals surface area (Å²) >= 11 is 0. The highest BCUT2D eigenvalue weighted by atomic mass is 16.1. The second kappa shape index (κ2) is 8.06. The first kappa shape index (κ1) is 16.7. The molecule has 0 spiro atoms. The Morgan fingerprint density at radius 3 is 2.79 bits per heavy atom. The van der Waals surface area contributed by atoms with Crippen LogP contribution in [0.4, 0.5) is 0 Å². The van der Waals surface area contributed by atoms with E-state index in [2.05, 4.69) is 39.5 Å². The Balaban J connectivity index is 1.56. The van der Waals surface area contributed by atoms with Gasteiger partial charge in [0.15, 0.2) is 0 Å². The molecule has 1 fully saturated rings. The third-order valence-corrected chi connectivity index (χ3v) is 4.56. The summed E-state index contributed by atoms with van der Waals surface area (Å²) in [4.78, 5) is 18.0. The molecule has 1 atom stereocenters. The van der Waals surface area contributed by atoms with Crippen LogP contribution in [0.15, 0.2) is 48.7 Å². The number of piperidine rings is 1. The quantitative estimate of drug-likeness (QED) is 0.919. The summed E-state index contributed by atoms with van der Waals surface area (Å²) in [6, 6.07) is 14.7. The molecule has 2 heterocycles. The SMILES string of the molecule is CC(=O)NC[C@@H]1CCCN(Cc2ccc(-c3ccccn3)cc2)C1. The predicted octanol–water partition coefficient (Wildman–Crippen LogP) is 3.10. The van der Waals surface area contributed by atoms with Gasteiger partial charge in [-0.2, -0.15) is 0 Å². The highest BCUT2D eigenvalue weighted by Gasteiger charge is 2.20. The van der Waals surface area contributed by atoms with Crippen molar-refractivity contribution in [3.8, 4) is 11.3 Å². The van der Waals surface area contributed by atoms with Crippen molar-refractivity contribution >= 4 is 5.91 Å². The molecule has 24 heavy (non-hydrogen) atoms. The van der Waals surface area contributed by atoms with Gasteiger partial charge in [0, 0.05) is 38.3 Å². The van der Waals surface area contributed by atoms with Crippen molar-refractivity contribution in [3.05, 3.63) is 54.2 Å². The first-order valence-corrected chi connectivity index (χ1v) is 8.68. The molecule has 0 radical (unpaired) electrons. The predicted molar refractivity (Wildman–Crippen MR) is 96.4 cm³/mol. The Labute approximate surface area is 143 Å². The standard InChI is InChI=1S/C20H25N3O/c1-16(24)22-13-18-5-4-12-23(15-18)14-17-7-9-19(10-8-17)20-6-2-3-11-21-20/h2-3,6-11,18H,4-5,12-15H2,1H3,(H,22,24)/t18-/m0/s1. The number of aromatic nitrogens is 1. The van der Waals surface area contributed by atoms with Crippen LogP contribution in [-0.4, -0.2) is 35.4 Å². The normalized spacial score (nSPS) is 18.3. The zero-order valence-electron chi connectivity index (χ0n) is 14.2. The lowest BCUT2D eigenvalue weighted by molar-refractivity contribution is -0.119.